The van der Waals surface area contributed by atoms with Gasteiger partial charge in [0, 0.05) is 0 Å². The van der Waals surface area contributed by atoms with E-state index in [1.54, 1.807) is 19.2 Å². The molecular formula is C8H11N3O2. The van der Waals surface area contributed by atoms with E-state index in [1.165, 1.54) is 7.05 Å². The largest absolute Gasteiger partial charge is 0.696 e. The van der Waals surface area contributed by atoms with Gasteiger partial charge in [-0.25, -0.2) is 0 Å². The summed E-state index contributed by atoms with van der Waals surface area (Å²) in [6.07, 6.45) is 0. The lowest BCUT2D eigenvalue weighted by atomic mass is 10.3. The summed E-state index contributed by atoms with van der Waals surface area (Å²) in [6.45, 7) is 0. The van der Waals surface area contributed by atoms with Crippen LogP contribution in [-0.2, 0) is 0 Å². The topological polar surface area (TPSA) is 59.7 Å². The SMILES string of the molecule is COc1ccccc1N/N=[N+](/C)[O-]. The lowest BCUT2D eigenvalue weighted by Crippen LogP contribution is -1.98. The van der Waals surface area contributed by atoms with Crippen molar-refractivity contribution in [2.24, 2.45) is 5.22 Å². The van der Waals surface area contributed by atoms with E-state index in [0.29, 0.717) is 16.3 Å². The number of para-hydroxylation sites is 2. The highest BCUT2D eigenvalue weighted by atomic mass is 16.5. The Morgan fingerprint density at radius 1 is 1.46 bits per heavy atom. The van der Waals surface area contributed by atoms with Gasteiger partial charge in [-0.1, -0.05) is 12.1 Å². The zero-order valence-electron chi connectivity index (χ0n) is 7.52. The third-order valence-electron chi connectivity index (χ3n) is 1.42. The van der Waals surface area contributed by atoms with Crippen LogP contribution in [0.5, 0.6) is 5.75 Å². The first-order valence-electron chi connectivity index (χ1n) is 3.74. The predicted molar refractivity (Wildman–Crippen MR) is 48.6 cm³/mol. The van der Waals surface area contributed by atoms with Crippen molar-refractivity contribution in [3.8, 4) is 5.75 Å². The van der Waals surface area contributed by atoms with E-state index in [0.717, 1.165) is 0 Å². The molecule has 0 aliphatic carbocycles. The van der Waals surface area contributed by atoms with Crippen LogP contribution in [0.4, 0.5) is 5.69 Å². The van der Waals surface area contributed by atoms with Crippen LogP contribution in [0.25, 0.3) is 0 Å². The van der Waals surface area contributed by atoms with Crippen LogP contribution in [0.3, 0.4) is 0 Å². The first-order chi connectivity index (χ1) is 6.24. The van der Waals surface area contributed by atoms with Crippen molar-refractivity contribution in [2.75, 3.05) is 19.6 Å². The minimum atomic E-state index is 0.437. The fraction of sp³-hybridized carbons (Fsp3) is 0.250. The second-order valence-electron chi connectivity index (χ2n) is 2.38. The standard InChI is InChI=1S/C8H11N3O2/c1-11(12)10-9-7-5-3-4-6-8(7)13-2/h3-6,9H,1-2H3/b11-10-. The van der Waals surface area contributed by atoms with E-state index in [9.17, 15) is 5.21 Å². The molecule has 1 N–H and O–H groups in total. The van der Waals surface area contributed by atoms with Gasteiger partial charge in [0.1, 0.15) is 7.05 Å². The summed E-state index contributed by atoms with van der Waals surface area (Å²) >= 11 is 0. The van der Waals surface area contributed by atoms with Crippen LogP contribution in [0.2, 0.25) is 0 Å². The van der Waals surface area contributed by atoms with Gasteiger partial charge in [0.25, 0.3) is 0 Å². The van der Waals surface area contributed by atoms with Crippen molar-refractivity contribution in [2.45, 2.75) is 0 Å². The highest BCUT2D eigenvalue weighted by molar-refractivity contribution is 5.55. The number of anilines is 1. The molecule has 0 radical (unpaired) electrons. The van der Waals surface area contributed by atoms with Crippen LogP contribution < -0.4 is 10.2 Å². The van der Waals surface area contributed by atoms with Gasteiger partial charge in [-0.3, -0.25) is 0 Å². The molecule has 70 valence electrons. The van der Waals surface area contributed by atoms with E-state index >= 15 is 0 Å². The molecule has 0 bridgehead atoms. The van der Waals surface area contributed by atoms with Crippen molar-refractivity contribution >= 4 is 5.69 Å². The second kappa shape index (κ2) is 4.30. The maximum absolute atomic E-state index is 10.5. The number of nitrogens with one attached hydrogen (secondary N) is 1. The van der Waals surface area contributed by atoms with Gasteiger partial charge in [-0.05, 0) is 12.1 Å². The summed E-state index contributed by atoms with van der Waals surface area (Å²) in [5.41, 5.74) is 3.24. The van der Waals surface area contributed by atoms with Crippen molar-refractivity contribution in [3.05, 3.63) is 29.5 Å². The summed E-state index contributed by atoms with van der Waals surface area (Å²) in [5.74, 6) is 0.646. The summed E-state index contributed by atoms with van der Waals surface area (Å²) in [5, 5.41) is 13.9. The fourth-order valence-electron chi connectivity index (χ4n) is 0.861. The van der Waals surface area contributed by atoms with E-state index in [4.69, 9.17) is 4.74 Å². The van der Waals surface area contributed by atoms with Gasteiger partial charge < -0.3 is 9.94 Å². The molecule has 0 aliphatic rings. The molecule has 13 heavy (non-hydrogen) atoms. The van der Waals surface area contributed by atoms with Crippen molar-refractivity contribution in [3.63, 3.8) is 0 Å². The summed E-state index contributed by atoms with van der Waals surface area (Å²) in [4.78, 5) is 0.437. The Balaban J connectivity index is 2.81. The van der Waals surface area contributed by atoms with Gasteiger partial charge in [0.2, 0.25) is 0 Å². The molecule has 1 rings (SSSR count). The molecule has 1 aromatic rings. The molecule has 0 unspecified atom stereocenters. The number of hydrogen-bond acceptors (Lipinski definition) is 3. The minimum Gasteiger partial charge on any atom is -0.696 e. The number of nitrogens with zero attached hydrogens (tertiary/aromatic N) is 2. The quantitative estimate of drug-likeness (QED) is 0.438. The average Bonchev–Trinajstić information content (AvgIpc) is 2.15. The van der Waals surface area contributed by atoms with Crippen LogP contribution in [0.15, 0.2) is 29.5 Å². The molecule has 0 aromatic heterocycles. The van der Waals surface area contributed by atoms with Gasteiger partial charge in [-0.15, -0.1) is 5.43 Å². The maximum Gasteiger partial charge on any atom is 0.188 e. The van der Waals surface area contributed by atoms with Crippen LogP contribution in [0, 0.1) is 5.21 Å². The number of rotatable bonds is 3. The normalized spacial score (nSPS) is 11.1. The third kappa shape index (κ3) is 2.62. The second-order valence-corrected chi connectivity index (χ2v) is 2.38. The Morgan fingerprint density at radius 2 is 2.15 bits per heavy atom. The predicted octanol–water partition coefficient (Wildman–Crippen LogP) is 1.61. The number of benzene rings is 1. The first kappa shape index (κ1) is 9.31. The Kier molecular flexibility index (Phi) is 3.08. The van der Waals surface area contributed by atoms with Crippen LogP contribution in [0.1, 0.15) is 0 Å². The first-order valence-corrected chi connectivity index (χ1v) is 3.74. The van der Waals surface area contributed by atoms with Gasteiger partial charge in [0.15, 0.2) is 11.4 Å². The van der Waals surface area contributed by atoms with Crippen LogP contribution >= 0.6 is 0 Å². The number of methoxy groups -OCH3 is 1. The number of hydrogen-bond donors (Lipinski definition) is 1. The summed E-state index contributed by atoms with van der Waals surface area (Å²) in [6, 6.07) is 7.21. The van der Waals surface area contributed by atoms with E-state index < -0.39 is 0 Å². The Labute approximate surface area is 76.2 Å². The number of hydroxylamine groups is 1. The molecule has 0 amide bonds. The molecule has 0 fully saturated rings. The molecule has 0 aliphatic heterocycles. The smallest absolute Gasteiger partial charge is 0.188 e. The zero-order valence-corrected chi connectivity index (χ0v) is 7.52. The Morgan fingerprint density at radius 3 is 2.77 bits per heavy atom. The Hall–Kier alpha value is -1.78. The van der Waals surface area contributed by atoms with Gasteiger partial charge in [-0.2, -0.15) is 4.86 Å². The molecule has 0 atom stereocenters. The van der Waals surface area contributed by atoms with E-state index in [2.05, 4.69) is 10.6 Å². The van der Waals surface area contributed by atoms with Crippen molar-refractivity contribution in [1.29, 1.82) is 0 Å². The molecule has 0 saturated carbocycles. The molecule has 0 saturated heterocycles. The van der Waals surface area contributed by atoms with E-state index in [-0.39, 0.29) is 0 Å². The van der Waals surface area contributed by atoms with Gasteiger partial charge in [0.05, 0.1) is 12.3 Å². The molecular weight excluding hydrogens is 170 g/mol. The number of ether oxygens (including phenoxy) is 1. The van der Waals surface area contributed by atoms with Crippen molar-refractivity contribution < 1.29 is 9.60 Å². The summed E-state index contributed by atoms with van der Waals surface area (Å²) in [7, 11) is 2.85. The molecule has 5 nitrogen and oxygen atoms in total. The minimum absolute atomic E-state index is 0.437. The summed E-state index contributed by atoms with van der Waals surface area (Å²) < 4.78 is 5.03. The van der Waals surface area contributed by atoms with Crippen LogP contribution in [-0.4, -0.2) is 19.0 Å². The zero-order chi connectivity index (χ0) is 9.68. The Bertz CT molecular complexity index is 308. The highest BCUT2D eigenvalue weighted by Crippen LogP contribution is 2.22. The lowest BCUT2D eigenvalue weighted by Gasteiger charge is -2.02. The fourth-order valence-corrected chi connectivity index (χ4v) is 0.861. The monoisotopic (exact) mass is 181 g/mol. The molecule has 5 heteroatoms. The van der Waals surface area contributed by atoms with Gasteiger partial charge >= 0.3 is 0 Å². The third-order valence-corrected chi connectivity index (χ3v) is 1.42. The maximum atomic E-state index is 10.5. The van der Waals surface area contributed by atoms with Crippen molar-refractivity contribution in [1.82, 2.24) is 0 Å². The molecule has 1 aromatic carbocycles. The highest BCUT2D eigenvalue weighted by Gasteiger charge is 2.03. The molecule has 0 spiro atoms. The lowest BCUT2D eigenvalue weighted by molar-refractivity contribution is -0.497. The average molecular weight is 181 g/mol. The molecule has 0 heterocycles. The van der Waals surface area contributed by atoms with E-state index in [1.807, 2.05) is 12.1 Å².